The van der Waals surface area contributed by atoms with Gasteiger partial charge in [0, 0.05) is 25.3 Å². The summed E-state index contributed by atoms with van der Waals surface area (Å²) in [6, 6.07) is 11.7. The highest BCUT2D eigenvalue weighted by Crippen LogP contribution is 2.20. The van der Waals surface area contributed by atoms with Crippen molar-refractivity contribution >= 4 is 5.91 Å². The molecule has 1 saturated heterocycles. The van der Waals surface area contributed by atoms with Crippen LogP contribution in [0.25, 0.3) is 11.3 Å². The number of carbonyl (C=O) groups is 1. The van der Waals surface area contributed by atoms with Crippen molar-refractivity contribution in [2.24, 2.45) is 0 Å². The van der Waals surface area contributed by atoms with Crippen LogP contribution in [-0.4, -0.2) is 46.8 Å². The zero-order chi connectivity index (χ0) is 15.4. The first-order valence-corrected chi connectivity index (χ1v) is 7.79. The first-order valence-electron chi connectivity index (χ1n) is 7.79. The second-order valence-electron chi connectivity index (χ2n) is 5.50. The van der Waals surface area contributed by atoms with E-state index in [1.54, 1.807) is 0 Å². The molecule has 0 bridgehead atoms. The normalized spacial score (nSPS) is 18.4. The lowest BCUT2D eigenvalue weighted by atomic mass is 10.1. The summed E-state index contributed by atoms with van der Waals surface area (Å²) in [5, 5.41) is 7.12. The topological polar surface area (TPSA) is 58.2 Å². The first kappa shape index (κ1) is 14.8. The number of hydrogen-bond acceptors (Lipinski definition) is 3. The van der Waals surface area contributed by atoms with Crippen LogP contribution in [0.3, 0.4) is 0 Å². The highest BCUT2D eigenvalue weighted by atomic mass is 16.5. The monoisotopic (exact) mass is 299 g/mol. The SMILES string of the molecule is CCO[C@@H]1CCCN(C(=O)c2cc(-c3ccccc3)n[nH]2)C1. The number of rotatable bonds is 4. The summed E-state index contributed by atoms with van der Waals surface area (Å²) in [6.07, 6.45) is 2.16. The van der Waals surface area contributed by atoms with Gasteiger partial charge in [-0.25, -0.2) is 0 Å². The Labute approximate surface area is 130 Å². The smallest absolute Gasteiger partial charge is 0.271 e. The fourth-order valence-electron chi connectivity index (χ4n) is 2.85. The van der Waals surface area contributed by atoms with Gasteiger partial charge in [0.15, 0.2) is 0 Å². The van der Waals surface area contributed by atoms with Crippen LogP contribution >= 0.6 is 0 Å². The Kier molecular flexibility index (Phi) is 4.53. The number of H-pyrrole nitrogens is 1. The molecule has 1 atom stereocenters. The maximum atomic E-state index is 12.6. The van der Waals surface area contributed by atoms with Gasteiger partial charge in [-0.2, -0.15) is 5.10 Å². The third kappa shape index (κ3) is 3.20. The molecule has 0 radical (unpaired) electrons. The molecule has 1 fully saturated rings. The predicted octanol–water partition coefficient (Wildman–Crippen LogP) is 2.72. The van der Waals surface area contributed by atoms with Gasteiger partial charge in [-0.3, -0.25) is 9.89 Å². The van der Waals surface area contributed by atoms with Crippen molar-refractivity contribution in [3.05, 3.63) is 42.1 Å². The summed E-state index contributed by atoms with van der Waals surface area (Å²) >= 11 is 0. The van der Waals surface area contributed by atoms with Crippen LogP contribution in [-0.2, 0) is 4.74 Å². The third-order valence-corrected chi connectivity index (χ3v) is 3.95. The number of carbonyl (C=O) groups excluding carboxylic acids is 1. The molecule has 1 aromatic carbocycles. The Balaban J connectivity index is 1.71. The van der Waals surface area contributed by atoms with Crippen molar-refractivity contribution in [3.63, 3.8) is 0 Å². The number of nitrogens with zero attached hydrogens (tertiary/aromatic N) is 2. The van der Waals surface area contributed by atoms with Crippen LogP contribution in [0.5, 0.6) is 0 Å². The lowest BCUT2D eigenvalue weighted by Crippen LogP contribution is -2.43. The number of piperidine rings is 1. The molecular weight excluding hydrogens is 278 g/mol. The Bertz CT molecular complexity index is 622. The summed E-state index contributed by atoms with van der Waals surface area (Å²) in [5.41, 5.74) is 2.34. The van der Waals surface area contributed by atoms with E-state index < -0.39 is 0 Å². The molecule has 5 nitrogen and oxygen atoms in total. The van der Waals surface area contributed by atoms with Crippen LogP contribution in [0.1, 0.15) is 30.3 Å². The summed E-state index contributed by atoms with van der Waals surface area (Å²) < 4.78 is 5.65. The maximum absolute atomic E-state index is 12.6. The second kappa shape index (κ2) is 6.75. The van der Waals surface area contributed by atoms with Gasteiger partial charge in [0.2, 0.25) is 0 Å². The number of amides is 1. The molecule has 1 amide bonds. The second-order valence-corrected chi connectivity index (χ2v) is 5.50. The van der Waals surface area contributed by atoms with Gasteiger partial charge in [-0.05, 0) is 25.8 Å². The molecule has 1 aliphatic rings. The molecule has 0 spiro atoms. The number of aromatic nitrogens is 2. The molecule has 22 heavy (non-hydrogen) atoms. The molecule has 1 aromatic heterocycles. The Morgan fingerprint density at radius 3 is 3.00 bits per heavy atom. The van der Waals surface area contributed by atoms with Gasteiger partial charge in [0.1, 0.15) is 5.69 Å². The van der Waals surface area contributed by atoms with E-state index in [0.717, 1.165) is 30.6 Å². The largest absolute Gasteiger partial charge is 0.377 e. The van der Waals surface area contributed by atoms with Crippen LogP contribution in [0.2, 0.25) is 0 Å². The fraction of sp³-hybridized carbons (Fsp3) is 0.412. The van der Waals surface area contributed by atoms with E-state index in [0.29, 0.717) is 18.8 Å². The molecule has 0 aliphatic carbocycles. The van der Waals surface area contributed by atoms with Crippen molar-refractivity contribution in [3.8, 4) is 11.3 Å². The van der Waals surface area contributed by atoms with Crippen molar-refractivity contribution < 1.29 is 9.53 Å². The number of aromatic amines is 1. The number of ether oxygens (including phenoxy) is 1. The fourth-order valence-corrected chi connectivity index (χ4v) is 2.85. The van der Waals surface area contributed by atoms with Crippen molar-refractivity contribution in [1.29, 1.82) is 0 Å². The molecule has 0 unspecified atom stereocenters. The average Bonchev–Trinajstić information content (AvgIpc) is 3.05. The van der Waals surface area contributed by atoms with Crippen LogP contribution in [0.15, 0.2) is 36.4 Å². The molecule has 116 valence electrons. The van der Waals surface area contributed by atoms with E-state index in [4.69, 9.17) is 4.74 Å². The maximum Gasteiger partial charge on any atom is 0.271 e. The van der Waals surface area contributed by atoms with Gasteiger partial charge in [-0.1, -0.05) is 30.3 Å². The Hall–Kier alpha value is -2.14. The van der Waals surface area contributed by atoms with Crippen molar-refractivity contribution in [1.82, 2.24) is 15.1 Å². The molecule has 2 heterocycles. The predicted molar refractivity (Wildman–Crippen MR) is 84.6 cm³/mol. The molecule has 1 aliphatic heterocycles. The minimum absolute atomic E-state index is 0.000848. The van der Waals surface area contributed by atoms with Crippen molar-refractivity contribution in [2.75, 3.05) is 19.7 Å². The van der Waals surface area contributed by atoms with Crippen LogP contribution < -0.4 is 0 Å². The quantitative estimate of drug-likeness (QED) is 0.944. The zero-order valence-corrected chi connectivity index (χ0v) is 12.8. The average molecular weight is 299 g/mol. The van der Waals surface area contributed by atoms with Crippen LogP contribution in [0, 0.1) is 0 Å². The van der Waals surface area contributed by atoms with E-state index in [1.807, 2.05) is 48.2 Å². The molecule has 5 heteroatoms. The lowest BCUT2D eigenvalue weighted by Gasteiger charge is -2.32. The van der Waals surface area contributed by atoms with Gasteiger partial charge in [0.25, 0.3) is 5.91 Å². The summed E-state index contributed by atoms with van der Waals surface area (Å²) in [5.74, 6) is -0.000848. The number of benzene rings is 1. The summed E-state index contributed by atoms with van der Waals surface area (Å²) in [4.78, 5) is 14.4. The standard InChI is InChI=1S/C17H21N3O2/c1-2-22-14-9-6-10-20(12-14)17(21)16-11-15(18-19-16)13-7-4-3-5-8-13/h3-5,7-8,11,14H,2,6,9-10,12H2,1H3,(H,18,19)/t14-/m1/s1. The summed E-state index contributed by atoms with van der Waals surface area (Å²) in [6.45, 7) is 4.12. The number of nitrogens with one attached hydrogen (secondary N) is 1. The van der Waals surface area contributed by atoms with Gasteiger partial charge >= 0.3 is 0 Å². The zero-order valence-electron chi connectivity index (χ0n) is 12.8. The lowest BCUT2D eigenvalue weighted by molar-refractivity contribution is 0.00703. The first-order chi connectivity index (χ1) is 10.8. The number of hydrogen-bond donors (Lipinski definition) is 1. The Morgan fingerprint density at radius 2 is 2.23 bits per heavy atom. The van der Waals surface area contributed by atoms with E-state index in [2.05, 4.69) is 10.2 Å². The minimum Gasteiger partial charge on any atom is -0.377 e. The Morgan fingerprint density at radius 1 is 1.41 bits per heavy atom. The van der Waals surface area contributed by atoms with E-state index in [1.165, 1.54) is 0 Å². The molecule has 1 N–H and O–H groups in total. The van der Waals surface area contributed by atoms with E-state index in [-0.39, 0.29) is 12.0 Å². The minimum atomic E-state index is -0.000848. The summed E-state index contributed by atoms with van der Waals surface area (Å²) in [7, 11) is 0. The number of likely N-dealkylation sites (tertiary alicyclic amines) is 1. The highest BCUT2D eigenvalue weighted by Gasteiger charge is 2.25. The van der Waals surface area contributed by atoms with Crippen molar-refractivity contribution in [2.45, 2.75) is 25.9 Å². The molecule has 3 rings (SSSR count). The van der Waals surface area contributed by atoms with Gasteiger partial charge < -0.3 is 9.64 Å². The van der Waals surface area contributed by atoms with E-state index in [9.17, 15) is 4.79 Å². The van der Waals surface area contributed by atoms with Gasteiger partial charge in [0.05, 0.1) is 11.8 Å². The van der Waals surface area contributed by atoms with E-state index >= 15 is 0 Å². The molecular formula is C17H21N3O2. The van der Waals surface area contributed by atoms with Gasteiger partial charge in [-0.15, -0.1) is 0 Å². The van der Waals surface area contributed by atoms with Crippen LogP contribution in [0.4, 0.5) is 0 Å². The molecule has 2 aromatic rings. The third-order valence-electron chi connectivity index (χ3n) is 3.95. The molecule has 0 saturated carbocycles. The highest BCUT2D eigenvalue weighted by molar-refractivity contribution is 5.93.